The van der Waals surface area contributed by atoms with E-state index in [-0.39, 0.29) is 5.91 Å². The van der Waals surface area contributed by atoms with E-state index in [1.807, 2.05) is 30.3 Å². The smallest absolute Gasteiger partial charge is 0.268 e. The quantitative estimate of drug-likeness (QED) is 0.346. The monoisotopic (exact) mass is 476 g/mol. The molecule has 4 aromatic rings. The van der Waals surface area contributed by atoms with Crippen molar-refractivity contribution in [2.24, 2.45) is 5.73 Å². The molecule has 3 heterocycles. The fourth-order valence-electron chi connectivity index (χ4n) is 4.35. The summed E-state index contributed by atoms with van der Waals surface area (Å²) in [6, 6.07) is 11.9. The predicted octanol–water partition coefficient (Wildman–Crippen LogP) is 5.40. The van der Waals surface area contributed by atoms with Crippen LogP contribution < -0.4 is 16.8 Å². The van der Waals surface area contributed by atoms with Gasteiger partial charge in [0.05, 0.1) is 11.3 Å². The van der Waals surface area contributed by atoms with Crippen molar-refractivity contribution < 1.29 is 9.59 Å². The second-order valence-corrected chi connectivity index (χ2v) is 10.3. The van der Waals surface area contributed by atoms with E-state index in [4.69, 9.17) is 16.5 Å². The fourth-order valence-corrected chi connectivity index (χ4v) is 6.57. The van der Waals surface area contributed by atoms with Crippen molar-refractivity contribution >= 4 is 55.4 Å². The van der Waals surface area contributed by atoms with Gasteiger partial charge in [0.15, 0.2) is 0 Å². The Kier molecular flexibility index (Phi) is 5.64. The first kappa shape index (κ1) is 21.6. The molecule has 1 aliphatic carbocycles. The molecule has 1 aliphatic rings. The van der Waals surface area contributed by atoms with Gasteiger partial charge in [-0.2, -0.15) is 0 Å². The van der Waals surface area contributed by atoms with Crippen molar-refractivity contribution in [2.45, 2.75) is 39.0 Å². The Bertz CT molecular complexity index is 1400. The summed E-state index contributed by atoms with van der Waals surface area (Å²) < 4.78 is 0. The van der Waals surface area contributed by atoms with Gasteiger partial charge in [0.1, 0.15) is 14.7 Å². The number of nitrogens with one attached hydrogen (secondary N) is 1. The average molecular weight is 477 g/mol. The third kappa shape index (κ3) is 3.79. The van der Waals surface area contributed by atoms with E-state index in [0.717, 1.165) is 64.0 Å². The number of hydrogen-bond acceptors (Lipinski definition) is 6. The van der Waals surface area contributed by atoms with Gasteiger partial charge in [-0.1, -0.05) is 37.6 Å². The summed E-state index contributed by atoms with van der Waals surface area (Å²) >= 11 is 2.69. The lowest BCUT2D eigenvalue weighted by atomic mass is 9.88. The van der Waals surface area contributed by atoms with Crippen LogP contribution in [0.4, 0.5) is 10.7 Å². The molecule has 6 nitrogen and oxygen atoms in total. The summed E-state index contributed by atoms with van der Waals surface area (Å²) in [6.07, 6.45) is 4.76. The number of amides is 2. The van der Waals surface area contributed by atoms with Crippen molar-refractivity contribution in [3.63, 3.8) is 0 Å². The van der Waals surface area contributed by atoms with Gasteiger partial charge in [-0.15, -0.1) is 22.7 Å². The molecule has 3 aromatic heterocycles. The van der Waals surface area contributed by atoms with E-state index >= 15 is 0 Å². The molecule has 2 amide bonds. The Morgan fingerprint density at radius 2 is 1.94 bits per heavy atom. The Labute approximate surface area is 199 Å². The van der Waals surface area contributed by atoms with Crippen LogP contribution in [0.1, 0.15) is 55.9 Å². The lowest BCUT2D eigenvalue weighted by molar-refractivity contribution is 0.100. The maximum atomic E-state index is 13.2. The van der Waals surface area contributed by atoms with Crippen molar-refractivity contribution in [3.8, 4) is 11.1 Å². The zero-order chi connectivity index (χ0) is 23.1. The molecule has 0 spiro atoms. The molecule has 0 aliphatic heterocycles. The van der Waals surface area contributed by atoms with Crippen LogP contribution in [0.25, 0.3) is 21.3 Å². The molecule has 5 N–H and O–H groups in total. The Balaban J connectivity index is 1.51. The molecule has 0 bridgehead atoms. The number of hydrogen-bond donors (Lipinski definition) is 3. The summed E-state index contributed by atoms with van der Waals surface area (Å²) in [5, 5.41) is 4.18. The fraction of sp³-hybridized carbons (Fsp3) is 0.240. The molecule has 33 heavy (non-hydrogen) atoms. The minimum absolute atomic E-state index is 0.347. The number of benzene rings is 1. The Hall–Kier alpha value is -3.23. The van der Waals surface area contributed by atoms with Gasteiger partial charge in [0.25, 0.3) is 11.8 Å². The molecule has 168 valence electrons. The predicted molar refractivity (Wildman–Crippen MR) is 136 cm³/mol. The minimum Gasteiger partial charge on any atom is -0.397 e. The van der Waals surface area contributed by atoms with Gasteiger partial charge >= 0.3 is 0 Å². The van der Waals surface area contributed by atoms with E-state index in [1.54, 1.807) is 0 Å². The highest BCUT2D eigenvalue weighted by atomic mass is 32.1. The van der Waals surface area contributed by atoms with Crippen LogP contribution >= 0.6 is 22.7 Å². The first-order chi connectivity index (χ1) is 16.0. The van der Waals surface area contributed by atoms with Gasteiger partial charge < -0.3 is 16.8 Å². The van der Waals surface area contributed by atoms with E-state index < -0.39 is 5.91 Å². The zero-order valence-electron chi connectivity index (χ0n) is 18.2. The summed E-state index contributed by atoms with van der Waals surface area (Å²) in [5.41, 5.74) is 16.9. The minimum atomic E-state index is -0.550. The van der Waals surface area contributed by atoms with Gasteiger partial charge in [-0.25, -0.2) is 4.98 Å². The van der Waals surface area contributed by atoms with Crippen LogP contribution in [0.3, 0.4) is 0 Å². The van der Waals surface area contributed by atoms with Crippen LogP contribution in [0.5, 0.6) is 0 Å². The van der Waals surface area contributed by atoms with Crippen LogP contribution in [-0.4, -0.2) is 16.8 Å². The number of nitrogen functional groups attached to an aromatic ring is 1. The number of nitrogens with two attached hydrogens (primary N) is 2. The summed E-state index contributed by atoms with van der Waals surface area (Å²) in [6.45, 7) is 2.14. The highest BCUT2D eigenvalue weighted by Gasteiger charge is 2.29. The second kappa shape index (κ2) is 8.61. The summed E-state index contributed by atoms with van der Waals surface area (Å²) in [5.74, 6) is -0.897. The number of nitrogens with zero attached hydrogens (tertiary/aromatic N) is 1. The van der Waals surface area contributed by atoms with Gasteiger partial charge in [-0.05, 0) is 48.9 Å². The van der Waals surface area contributed by atoms with Crippen molar-refractivity contribution in [1.29, 1.82) is 0 Å². The van der Waals surface area contributed by atoms with Gasteiger partial charge in [0, 0.05) is 21.5 Å². The third-order valence-corrected chi connectivity index (χ3v) is 8.29. The normalized spacial score (nSPS) is 12.4. The largest absolute Gasteiger partial charge is 0.397 e. The van der Waals surface area contributed by atoms with Crippen molar-refractivity contribution in [3.05, 3.63) is 63.0 Å². The molecular formula is C25H24N4O2S2. The highest BCUT2D eigenvalue weighted by molar-refractivity contribution is 7.21. The number of primary amides is 1. The standard InChI is InChI=1S/C25H24N4O2S2/c1-2-3-7-14-10-11-16-20(26)21(33-24(16)28-14)23(31)29-25-19(22(27)30)18-15-8-5-4-6-13(15)9-12-17(18)32-25/h4-6,8,10-11H,2-3,7,9,12,26H2,1H3,(H2,27,30)(H,29,31). The lowest BCUT2D eigenvalue weighted by Gasteiger charge is -2.16. The first-order valence-electron chi connectivity index (χ1n) is 11.0. The molecule has 8 heteroatoms. The zero-order valence-corrected chi connectivity index (χ0v) is 19.9. The number of carbonyl (C=O) groups excluding carboxylic acids is 2. The number of aryl methyl sites for hydroxylation is 3. The first-order valence-corrected chi connectivity index (χ1v) is 12.6. The number of fused-ring (bicyclic) bond motifs is 4. The molecule has 5 rings (SSSR count). The summed E-state index contributed by atoms with van der Waals surface area (Å²) in [7, 11) is 0. The van der Waals surface area contributed by atoms with Crippen LogP contribution in [-0.2, 0) is 19.3 Å². The van der Waals surface area contributed by atoms with E-state index in [1.165, 1.54) is 28.2 Å². The SMILES string of the molecule is CCCCc1ccc2c(N)c(C(=O)Nc3sc4c(c3C(N)=O)-c3ccccc3CC4)sc2n1. The van der Waals surface area contributed by atoms with Crippen molar-refractivity contribution in [1.82, 2.24) is 4.98 Å². The average Bonchev–Trinajstić information content (AvgIpc) is 3.35. The topological polar surface area (TPSA) is 111 Å². The molecule has 1 aromatic carbocycles. The van der Waals surface area contributed by atoms with E-state index in [2.05, 4.69) is 18.3 Å². The molecule has 0 saturated heterocycles. The van der Waals surface area contributed by atoms with E-state index in [9.17, 15) is 9.59 Å². The Morgan fingerprint density at radius 1 is 1.12 bits per heavy atom. The number of aromatic nitrogens is 1. The van der Waals surface area contributed by atoms with Crippen LogP contribution in [0.15, 0.2) is 36.4 Å². The van der Waals surface area contributed by atoms with Gasteiger partial charge in [0.2, 0.25) is 0 Å². The number of pyridine rings is 1. The van der Waals surface area contributed by atoms with Crippen LogP contribution in [0.2, 0.25) is 0 Å². The number of rotatable bonds is 6. The second-order valence-electron chi connectivity index (χ2n) is 8.18. The highest BCUT2D eigenvalue weighted by Crippen LogP contribution is 2.45. The summed E-state index contributed by atoms with van der Waals surface area (Å²) in [4.78, 5) is 32.6. The molecule has 0 atom stereocenters. The number of anilines is 2. The van der Waals surface area contributed by atoms with Gasteiger partial charge in [-0.3, -0.25) is 9.59 Å². The molecule has 0 saturated carbocycles. The molecule has 0 radical (unpaired) electrons. The Morgan fingerprint density at radius 3 is 2.73 bits per heavy atom. The van der Waals surface area contributed by atoms with Crippen molar-refractivity contribution in [2.75, 3.05) is 11.1 Å². The third-order valence-electron chi connectivity index (χ3n) is 6.01. The number of thiophene rings is 2. The molecule has 0 fully saturated rings. The number of unbranched alkanes of at least 4 members (excludes halogenated alkanes) is 1. The number of carbonyl (C=O) groups is 2. The maximum absolute atomic E-state index is 13.2. The molecule has 0 unspecified atom stereocenters. The maximum Gasteiger partial charge on any atom is 0.268 e. The van der Waals surface area contributed by atoms with E-state index in [0.29, 0.717) is 21.1 Å². The molecular weight excluding hydrogens is 452 g/mol. The lowest BCUT2D eigenvalue weighted by Crippen LogP contribution is -2.18. The van der Waals surface area contributed by atoms with Crippen LogP contribution in [0, 0.1) is 0 Å².